The molecule has 1 fully saturated rings. The summed E-state index contributed by atoms with van der Waals surface area (Å²) in [6.07, 6.45) is 3.69. The maximum absolute atomic E-state index is 12.9. The number of likely N-dealkylation sites (tertiary alicyclic amines) is 1. The van der Waals surface area contributed by atoms with Crippen molar-refractivity contribution in [2.24, 2.45) is 5.92 Å². The van der Waals surface area contributed by atoms with Crippen molar-refractivity contribution in [3.8, 4) is 11.6 Å². The summed E-state index contributed by atoms with van der Waals surface area (Å²) in [7, 11) is -1.72. The number of nitrogens with one attached hydrogen (secondary N) is 1. The molecule has 4 rings (SSSR count). The van der Waals surface area contributed by atoms with Crippen LogP contribution in [0, 0.1) is 19.8 Å². The number of sulfonamides is 1. The third kappa shape index (κ3) is 6.87. The summed E-state index contributed by atoms with van der Waals surface area (Å²) in [5.74, 6) is 1.22. The van der Waals surface area contributed by atoms with Crippen LogP contribution in [0.1, 0.15) is 29.7 Å². The molecule has 0 amide bonds. The van der Waals surface area contributed by atoms with E-state index in [2.05, 4.69) is 26.6 Å². The number of halogens is 1. The van der Waals surface area contributed by atoms with Gasteiger partial charge in [0.05, 0.1) is 28.4 Å². The number of hydrogen-bond acceptors (Lipinski definition) is 7. The Balaban J connectivity index is 1.44. The molecule has 0 saturated carbocycles. The second-order valence-corrected chi connectivity index (χ2v) is 11.3. The topological polar surface area (TPSA) is 93.7 Å². The summed E-state index contributed by atoms with van der Waals surface area (Å²) in [6, 6.07) is 12.0. The van der Waals surface area contributed by atoms with Gasteiger partial charge < -0.3 is 14.4 Å². The van der Waals surface area contributed by atoms with Crippen LogP contribution < -0.4 is 14.2 Å². The van der Waals surface area contributed by atoms with Crippen molar-refractivity contribution in [3.63, 3.8) is 0 Å². The Bertz CT molecular complexity index is 1290. The lowest BCUT2D eigenvalue weighted by Gasteiger charge is -2.28. The van der Waals surface area contributed by atoms with Crippen molar-refractivity contribution in [1.82, 2.24) is 14.9 Å². The first-order chi connectivity index (χ1) is 17.2. The molecule has 1 aliphatic rings. The van der Waals surface area contributed by atoms with Crippen LogP contribution in [0.25, 0.3) is 0 Å². The van der Waals surface area contributed by atoms with Gasteiger partial charge in [0.15, 0.2) is 0 Å². The predicted molar refractivity (Wildman–Crippen MR) is 140 cm³/mol. The average molecular weight is 531 g/mol. The molecule has 0 spiro atoms. The van der Waals surface area contributed by atoms with E-state index in [1.54, 1.807) is 37.3 Å². The molecule has 8 nitrogen and oxygen atoms in total. The molecule has 0 unspecified atom stereocenters. The van der Waals surface area contributed by atoms with Gasteiger partial charge in [-0.05, 0) is 82.6 Å². The van der Waals surface area contributed by atoms with Crippen LogP contribution in [-0.2, 0) is 16.6 Å². The molecule has 0 aliphatic carbocycles. The van der Waals surface area contributed by atoms with Gasteiger partial charge in [-0.15, -0.1) is 0 Å². The van der Waals surface area contributed by atoms with Gasteiger partial charge in [0.1, 0.15) is 12.4 Å². The zero-order valence-corrected chi connectivity index (χ0v) is 22.3. The van der Waals surface area contributed by atoms with Gasteiger partial charge in [0.2, 0.25) is 5.82 Å². The number of ether oxygens (including phenoxy) is 2. The Labute approximate surface area is 217 Å². The standard InChI is InChI=1S/C26H31ClN4O4S/c1-18-4-7-22(8-5-18)36(32,33)30-25-26(29-19(2)15-28-25)35-17-21-6-9-23(27)24(14-21)34-16-20-10-12-31(3)13-11-20/h4-9,14-15,20H,10-13,16-17H2,1-3H3,(H,28,30). The van der Waals surface area contributed by atoms with Crippen LogP contribution >= 0.6 is 11.6 Å². The lowest BCUT2D eigenvalue weighted by molar-refractivity contribution is 0.160. The molecule has 3 aromatic rings. The van der Waals surface area contributed by atoms with Crippen molar-refractivity contribution < 1.29 is 17.9 Å². The highest BCUT2D eigenvalue weighted by atomic mass is 35.5. The minimum atomic E-state index is -3.86. The summed E-state index contributed by atoms with van der Waals surface area (Å²) >= 11 is 6.37. The Kier molecular flexibility index (Phi) is 8.33. The van der Waals surface area contributed by atoms with E-state index < -0.39 is 10.0 Å². The Morgan fingerprint density at radius 1 is 1.08 bits per heavy atom. The van der Waals surface area contributed by atoms with Crippen LogP contribution in [0.3, 0.4) is 0 Å². The molecule has 2 aromatic carbocycles. The maximum atomic E-state index is 12.9. The third-order valence-corrected chi connectivity index (χ3v) is 7.77. The first kappa shape index (κ1) is 26.2. The summed E-state index contributed by atoms with van der Waals surface area (Å²) in [4.78, 5) is 11.0. The first-order valence-corrected chi connectivity index (χ1v) is 13.7. The van der Waals surface area contributed by atoms with Gasteiger partial charge >= 0.3 is 0 Å². The van der Waals surface area contributed by atoms with E-state index in [-0.39, 0.29) is 23.2 Å². The minimum absolute atomic E-state index is 0.0221. The minimum Gasteiger partial charge on any atom is -0.492 e. The van der Waals surface area contributed by atoms with Gasteiger partial charge in [0, 0.05) is 0 Å². The SMILES string of the molecule is Cc1ccc(S(=O)(=O)Nc2ncc(C)nc2OCc2ccc(Cl)c(OCC3CCN(C)CC3)c2)cc1. The van der Waals surface area contributed by atoms with Crippen molar-refractivity contribution in [3.05, 3.63) is 70.5 Å². The molecular formula is C26H31ClN4O4S. The lowest BCUT2D eigenvalue weighted by Crippen LogP contribution is -2.32. The first-order valence-electron chi connectivity index (χ1n) is 11.9. The molecule has 1 aliphatic heterocycles. The van der Waals surface area contributed by atoms with Crippen molar-refractivity contribution in [1.29, 1.82) is 0 Å². The van der Waals surface area contributed by atoms with E-state index in [4.69, 9.17) is 21.1 Å². The highest BCUT2D eigenvalue weighted by Gasteiger charge is 2.20. The lowest BCUT2D eigenvalue weighted by atomic mass is 9.98. The molecule has 10 heteroatoms. The van der Waals surface area contributed by atoms with Crippen LogP contribution in [0.2, 0.25) is 5.02 Å². The number of aryl methyl sites for hydroxylation is 2. The molecular weight excluding hydrogens is 500 g/mol. The molecule has 192 valence electrons. The predicted octanol–water partition coefficient (Wildman–Crippen LogP) is 4.85. The highest BCUT2D eigenvalue weighted by molar-refractivity contribution is 7.92. The van der Waals surface area contributed by atoms with E-state index in [1.165, 1.54) is 6.20 Å². The van der Waals surface area contributed by atoms with Crippen LogP contribution in [0.15, 0.2) is 53.6 Å². The van der Waals surface area contributed by atoms with Crippen molar-refractivity contribution in [2.75, 3.05) is 31.5 Å². The summed E-state index contributed by atoms with van der Waals surface area (Å²) in [5, 5.41) is 0.536. The van der Waals surface area contributed by atoms with E-state index in [9.17, 15) is 8.42 Å². The Hall–Kier alpha value is -2.88. The zero-order valence-electron chi connectivity index (χ0n) is 20.7. The normalized spacial score (nSPS) is 15.0. The van der Waals surface area contributed by atoms with Crippen molar-refractivity contribution >= 4 is 27.4 Å². The van der Waals surface area contributed by atoms with Crippen LogP contribution in [-0.4, -0.2) is 50.0 Å². The molecule has 2 heterocycles. The summed E-state index contributed by atoms with van der Waals surface area (Å²) in [6.45, 7) is 6.55. The van der Waals surface area contributed by atoms with Gasteiger partial charge in [-0.1, -0.05) is 35.4 Å². The smallest absolute Gasteiger partial charge is 0.263 e. The number of piperidine rings is 1. The Morgan fingerprint density at radius 3 is 2.53 bits per heavy atom. The second-order valence-electron chi connectivity index (χ2n) is 9.19. The molecule has 36 heavy (non-hydrogen) atoms. The van der Waals surface area contributed by atoms with E-state index in [0.29, 0.717) is 29.0 Å². The number of aromatic nitrogens is 2. The fourth-order valence-electron chi connectivity index (χ4n) is 3.87. The summed E-state index contributed by atoms with van der Waals surface area (Å²) in [5.41, 5.74) is 2.38. The molecule has 0 bridgehead atoms. The number of hydrogen-bond donors (Lipinski definition) is 1. The molecule has 0 atom stereocenters. The maximum Gasteiger partial charge on any atom is 0.263 e. The Morgan fingerprint density at radius 2 is 1.81 bits per heavy atom. The van der Waals surface area contributed by atoms with Gasteiger partial charge in [-0.25, -0.2) is 18.4 Å². The van der Waals surface area contributed by atoms with Gasteiger partial charge in [0.25, 0.3) is 15.9 Å². The number of nitrogens with zero attached hydrogens (tertiary/aromatic N) is 3. The van der Waals surface area contributed by atoms with Crippen LogP contribution in [0.5, 0.6) is 11.6 Å². The third-order valence-electron chi connectivity index (χ3n) is 6.11. The van der Waals surface area contributed by atoms with Gasteiger partial charge in [-0.2, -0.15) is 0 Å². The van der Waals surface area contributed by atoms with Crippen molar-refractivity contribution in [2.45, 2.75) is 38.2 Å². The number of benzene rings is 2. The largest absolute Gasteiger partial charge is 0.492 e. The molecule has 1 saturated heterocycles. The fourth-order valence-corrected chi connectivity index (χ4v) is 5.04. The van der Waals surface area contributed by atoms with E-state index in [0.717, 1.165) is 37.1 Å². The fraction of sp³-hybridized carbons (Fsp3) is 0.385. The quantitative estimate of drug-likeness (QED) is 0.422. The number of anilines is 1. The summed E-state index contributed by atoms with van der Waals surface area (Å²) < 4.78 is 40.2. The van der Waals surface area contributed by atoms with E-state index in [1.807, 2.05) is 19.1 Å². The van der Waals surface area contributed by atoms with Crippen LogP contribution in [0.4, 0.5) is 5.82 Å². The second kappa shape index (κ2) is 11.5. The van der Waals surface area contributed by atoms with E-state index >= 15 is 0 Å². The average Bonchev–Trinajstić information content (AvgIpc) is 2.85. The molecule has 0 radical (unpaired) electrons. The molecule has 1 N–H and O–H groups in total. The number of rotatable bonds is 9. The monoisotopic (exact) mass is 530 g/mol. The van der Waals surface area contributed by atoms with Gasteiger partial charge in [-0.3, -0.25) is 4.72 Å². The zero-order chi connectivity index (χ0) is 25.7. The highest BCUT2D eigenvalue weighted by Crippen LogP contribution is 2.29. The molecule has 1 aromatic heterocycles.